The maximum Gasteiger partial charge on any atom is 0.231 e. The minimum Gasteiger partial charge on any atom is -0.369 e. The first kappa shape index (κ1) is 13.1. The van der Waals surface area contributed by atoms with Crippen molar-refractivity contribution >= 4 is 20.0 Å². The summed E-state index contributed by atoms with van der Waals surface area (Å²) < 4.78 is 7.32. The zero-order valence-electron chi connectivity index (χ0n) is 11.0. The number of nitrogens with two attached hydrogens (primary N) is 1. The van der Waals surface area contributed by atoms with Gasteiger partial charge in [-0.3, -0.25) is 9.59 Å². The summed E-state index contributed by atoms with van der Waals surface area (Å²) in [6.45, 7) is 12.2. The van der Waals surface area contributed by atoms with Crippen molar-refractivity contribution in [2.75, 3.05) is 6.66 Å². The van der Waals surface area contributed by atoms with Crippen molar-refractivity contribution in [1.82, 2.24) is 0 Å². The lowest BCUT2D eigenvalue weighted by Gasteiger charge is -2.19. The second-order valence-electron chi connectivity index (χ2n) is 4.23. The van der Waals surface area contributed by atoms with E-state index in [1.54, 1.807) is 20.5 Å². The fourth-order valence-electron chi connectivity index (χ4n) is 1.45. The number of nitrogens with zero attached hydrogens (tertiary/aromatic N) is 1. The van der Waals surface area contributed by atoms with Gasteiger partial charge in [0.2, 0.25) is 11.4 Å². The number of primary amides is 1. The van der Waals surface area contributed by atoms with Gasteiger partial charge in [-0.1, -0.05) is 15.4 Å². The van der Waals surface area contributed by atoms with E-state index in [1.807, 2.05) is 0 Å². The van der Waals surface area contributed by atoms with E-state index < -0.39 is 20.0 Å². The van der Waals surface area contributed by atoms with Gasteiger partial charge < -0.3 is 10.6 Å². The van der Waals surface area contributed by atoms with Gasteiger partial charge in [0, 0.05) is 32.1 Å². The lowest BCUT2D eigenvalue weighted by Crippen LogP contribution is -2.30. The highest BCUT2D eigenvalue weighted by Gasteiger charge is 2.34. The van der Waals surface area contributed by atoms with Crippen molar-refractivity contribution in [2.24, 2.45) is 11.7 Å². The molecule has 5 heteroatoms. The van der Waals surface area contributed by atoms with Gasteiger partial charge in [0.1, 0.15) is 0 Å². The standard InChI is InChI=1S/C11H19N2O2P/c1-8(10(12)15)7-11(2,13-3)6-5-9(14)16-4/h8,16H,5-7H2,1-2,4H3,(H2,12,15)/i16T. The molecule has 0 heterocycles. The monoisotopic (exact) mass is 244 g/mol. The van der Waals surface area contributed by atoms with Gasteiger partial charge in [0.15, 0.2) is 5.52 Å². The molecule has 0 aromatic heterocycles. The largest absolute Gasteiger partial charge is 0.369 e. The molecule has 4 nitrogen and oxygen atoms in total. The Hall–Kier alpha value is -0.940. The van der Waals surface area contributed by atoms with Crippen molar-refractivity contribution in [1.29, 1.82) is 1.28 Å². The van der Waals surface area contributed by atoms with E-state index in [0.29, 0.717) is 12.8 Å². The molecule has 0 saturated heterocycles. The molecule has 90 valence electrons. The van der Waals surface area contributed by atoms with Crippen LogP contribution in [0.3, 0.4) is 0 Å². The van der Waals surface area contributed by atoms with E-state index in [4.69, 9.17) is 13.6 Å². The van der Waals surface area contributed by atoms with Crippen LogP contribution in [0.2, 0.25) is 0 Å². The Labute approximate surface area is 99.9 Å². The molecule has 0 spiro atoms. The van der Waals surface area contributed by atoms with E-state index in [2.05, 4.69) is 4.85 Å². The smallest absolute Gasteiger partial charge is 0.231 e. The molecule has 0 fully saturated rings. The second-order valence-corrected chi connectivity index (χ2v) is 5.18. The molecule has 0 bridgehead atoms. The summed E-state index contributed by atoms with van der Waals surface area (Å²) in [7, 11) is -1.34. The van der Waals surface area contributed by atoms with Gasteiger partial charge in [0.05, 0.1) is 1.28 Å². The number of carbonyl (C=O) groups excluding carboxylic acids is 2. The normalized spacial score (nSPS) is 18.8. The first-order valence-electron chi connectivity index (χ1n) is 5.60. The summed E-state index contributed by atoms with van der Waals surface area (Å²) in [5.74, 6) is -0.798. The third kappa shape index (κ3) is 5.23. The Kier molecular flexibility index (Phi) is 5.42. The molecule has 0 aromatic rings. The average Bonchev–Trinajstić information content (AvgIpc) is 2.25. The van der Waals surface area contributed by atoms with Crippen LogP contribution in [-0.2, 0) is 9.59 Å². The second kappa shape index (κ2) is 6.60. The molecule has 3 atom stereocenters. The number of rotatable bonds is 7. The van der Waals surface area contributed by atoms with Gasteiger partial charge >= 0.3 is 0 Å². The lowest BCUT2D eigenvalue weighted by molar-refractivity contribution is -0.121. The van der Waals surface area contributed by atoms with Crippen molar-refractivity contribution in [2.45, 2.75) is 38.6 Å². The highest BCUT2D eigenvalue weighted by molar-refractivity contribution is 7.57. The van der Waals surface area contributed by atoms with E-state index in [1.165, 1.54) is 0 Å². The van der Waals surface area contributed by atoms with Crippen LogP contribution < -0.4 is 5.73 Å². The number of hydrogen-bond acceptors (Lipinski definition) is 2. The van der Waals surface area contributed by atoms with Crippen LogP contribution in [0.15, 0.2) is 0 Å². The Balaban J connectivity index is 4.45. The summed E-state index contributed by atoms with van der Waals surface area (Å²) >= 11 is 0. The zero-order valence-corrected chi connectivity index (χ0v) is 10.9. The lowest BCUT2D eigenvalue weighted by atomic mass is 9.86. The predicted octanol–water partition coefficient (Wildman–Crippen LogP) is 1.79. The van der Waals surface area contributed by atoms with Gasteiger partial charge in [-0.2, -0.15) is 0 Å². The molecule has 16 heavy (non-hydrogen) atoms. The topological polar surface area (TPSA) is 64.5 Å². The highest BCUT2D eigenvalue weighted by atomic mass is 31.1. The van der Waals surface area contributed by atoms with Gasteiger partial charge in [-0.05, 0) is 6.66 Å². The SMILES string of the molecule is [3H]P(C)C(=O)CCC(C)(CC(C)C(N)=O)[N+]#[C-]. The molecule has 0 rings (SSSR count). The molecule has 0 aliphatic rings. The quantitative estimate of drug-likeness (QED) is 0.548. The molecule has 0 saturated carbocycles. The summed E-state index contributed by atoms with van der Waals surface area (Å²) in [4.78, 5) is 25.8. The molecule has 0 aliphatic heterocycles. The highest BCUT2D eigenvalue weighted by Crippen LogP contribution is 2.28. The van der Waals surface area contributed by atoms with Crippen molar-refractivity contribution in [3.05, 3.63) is 11.4 Å². The van der Waals surface area contributed by atoms with Crippen molar-refractivity contribution < 1.29 is 9.59 Å². The van der Waals surface area contributed by atoms with Crippen LogP contribution in [0.1, 0.15) is 33.1 Å². The first-order valence-corrected chi connectivity index (χ1v) is 6.49. The maximum absolute atomic E-state index is 11.4. The van der Waals surface area contributed by atoms with Gasteiger partial charge in [-0.15, -0.1) is 0 Å². The number of carbonyl (C=O) groups is 2. The number of amides is 1. The summed E-state index contributed by atoms with van der Waals surface area (Å²) in [6, 6.07) is 0. The van der Waals surface area contributed by atoms with Crippen LogP contribution >= 0.6 is 8.53 Å². The Morgan fingerprint density at radius 3 is 2.62 bits per heavy atom. The fraction of sp³-hybridized carbons (Fsp3) is 0.727. The molecule has 2 N–H and O–H groups in total. The molecule has 3 unspecified atom stereocenters. The molecule has 0 radical (unpaired) electrons. The van der Waals surface area contributed by atoms with Crippen molar-refractivity contribution in [3.8, 4) is 0 Å². The van der Waals surface area contributed by atoms with E-state index in [9.17, 15) is 9.59 Å². The molecule has 1 amide bonds. The Bertz CT molecular complexity index is 341. The van der Waals surface area contributed by atoms with Crippen LogP contribution in [-0.4, -0.2) is 24.9 Å². The van der Waals surface area contributed by atoms with E-state index >= 15 is 0 Å². The summed E-state index contributed by atoms with van der Waals surface area (Å²) in [6.07, 6.45) is 0.979. The Morgan fingerprint density at radius 1 is 1.69 bits per heavy atom. The van der Waals surface area contributed by atoms with Crippen LogP contribution in [0.4, 0.5) is 0 Å². The fourth-order valence-corrected chi connectivity index (χ4v) is 1.79. The third-order valence-electron chi connectivity index (χ3n) is 2.63. The van der Waals surface area contributed by atoms with E-state index in [-0.39, 0.29) is 17.9 Å². The Morgan fingerprint density at radius 2 is 2.25 bits per heavy atom. The number of hydrogen-bond donors (Lipinski definition) is 1. The minimum atomic E-state index is -1.34. The average molecular weight is 244 g/mol. The molecular formula is C11H19N2O2P. The van der Waals surface area contributed by atoms with Crippen molar-refractivity contribution in [3.63, 3.8) is 0 Å². The maximum atomic E-state index is 11.4. The zero-order chi connectivity index (χ0) is 13.6. The molecule has 0 aliphatic carbocycles. The minimum absolute atomic E-state index is 0.110. The van der Waals surface area contributed by atoms with Crippen LogP contribution in [0.5, 0.6) is 0 Å². The van der Waals surface area contributed by atoms with Crippen LogP contribution in [0, 0.1) is 12.5 Å². The van der Waals surface area contributed by atoms with Gasteiger partial charge in [-0.25, -0.2) is 6.57 Å². The molecular weight excluding hydrogens is 223 g/mol. The summed E-state index contributed by atoms with van der Waals surface area (Å²) in [5, 5.41) is 0. The molecule has 0 aromatic carbocycles. The van der Waals surface area contributed by atoms with Gasteiger partial charge in [0.25, 0.3) is 0 Å². The summed E-state index contributed by atoms with van der Waals surface area (Å²) in [5.41, 5.74) is 4.32. The first-order chi connectivity index (χ1) is 7.72. The predicted molar refractivity (Wildman–Crippen MR) is 66.5 cm³/mol. The third-order valence-corrected chi connectivity index (χ3v) is 3.35. The van der Waals surface area contributed by atoms with E-state index in [0.717, 1.165) is 0 Å². The van der Waals surface area contributed by atoms with Crippen LogP contribution in [0.25, 0.3) is 4.85 Å².